The number of halogens is 1. The van der Waals surface area contributed by atoms with E-state index < -0.39 is 12.0 Å². The molecule has 116 valence electrons. The second kappa shape index (κ2) is 7.04. The van der Waals surface area contributed by atoms with Crippen molar-refractivity contribution in [2.24, 2.45) is 0 Å². The molecular formula is C15H15FN2O3S. The summed E-state index contributed by atoms with van der Waals surface area (Å²) in [5.74, 6) is -0.908. The number of carbonyl (C=O) groups is 2. The van der Waals surface area contributed by atoms with Gasteiger partial charge in [0, 0.05) is 0 Å². The number of amides is 2. The summed E-state index contributed by atoms with van der Waals surface area (Å²) in [6.07, 6.45) is -0.838. The Balaban J connectivity index is 1.85. The summed E-state index contributed by atoms with van der Waals surface area (Å²) in [6.45, 7) is 3.34. The highest BCUT2D eigenvalue weighted by molar-refractivity contribution is 7.12. The molecule has 1 aromatic carbocycles. The largest absolute Gasteiger partial charge is 0.481 e. The first kappa shape index (κ1) is 16.0. The lowest BCUT2D eigenvalue weighted by Crippen LogP contribution is -2.47. The van der Waals surface area contributed by atoms with E-state index in [0.29, 0.717) is 10.6 Å². The minimum absolute atomic E-state index is 0.365. The fraction of sp³-hybridized carbons (Fsp3) is 0.200. The lowest BCUT2D eigenvalue weighted by atomic mass is 10.3. The first-order chi connectivity index (χ1) is 10.5. The van der Waals surface area contributed by atoms with Gasteiger partial charge in [-0.05, 0) is 55.1 Å². The normalized spacial score (nSPS) is 11.6. The van der Waals surface area contributed by atoms with Crippen LogP contribution >= 0.6 is 11.3 Å². The average Bonchev–Trinajstić information content (AvgIpc) is 2.93. The highest BCUT2D eigenvalue weighted by Gasteiger charge is 2.17. The third-order valence-electron chi connectivity index (χ3n) is 2.86. The van der Waals surface area contributed by atoms with Crippen LogP contribution in [0.2, 0.25) is 0 Å². The predicted octanol–water partition coefficient (Wildman–Crippen LogP) is 2.42. The van der Waals surface area contributed by atoms with Crippen molar-refractivity contribution < 1.29 is 18.7 Å². The van der Waals surface area contributed by atoms with Gasteiger partial charge in [0.05, 0.1) is 4.88 Å². The molecule has 0 saturated carbocycles. The van der Waals surface area contributed by atoms with Crippen molar-refractivity contribution in [3.05, 3.63) is 52.0 Å². The van der Waals surface area contributed by atoms with Crippen molar-refractivity contribution in [3.63, 3.8) is 0 Å². The third kappa shape index (κ3) is 4.05. The Kier molecular flexibility index (Phi) is 5.11. The van der Waals surface area contributed by atoms with Crippen LogP contribution in [0.3, 0.4) is 0 Å². The minimum atomic E-state index is -0.838. The fourth-order valence-corrected chi connectivity index (χ4v) is 2.47. The van der Waals surface area contributed by atoms with Crippen molar-refractivity contribution in [3.8, 4) is 5.75 Å². The maximum atomic E-state index is 12.8. The van der Waals surface area contributed by atoms with Crippen molar-refractivity contribution >= 4 is 23.2 Å². The van der Waals surface area contributed by atoms with Gasteiger partial charge in [-0.25, -0.2) is 4.39 Å². The van der Waals surface area contributed by atoms with E-state index in [1.807, 2.05) is 13.0 Å². The number of benzene rings is 1. The molecule has 0 fully saturated rings. The summed E-state index contributed by atoms with van der Waals surface area (Å²) < 4.78 is 18.1. The van der Waals surface area contributed by atoms with Crippen LogP contribution in [0.25, 0.3) is 0 Å². The molecule has 7 heteroatoms. The number of hydrazine groups is 1. The fourth-order valence-electron chi connectivity index (χ4n) is 1.65. The maximum absolute atomic E-state index is 12.8. The molecule has 0 aliphatic heterocycles. The Morgan fingerprint density at radius 3 is 2.45 bits per heavy atom. The van der Waals surface area contributed by atoms with Crippen LogP contribution < -0.4 is 15.6 Å². The molecule has 0 aliphatic carbocycles. The van der Waals surface area contributed by atoms with Crippen LogP contribution in [-0.4, -0.2) is 17.9 Å². The van der Waals surface area contributed by atoms with Gasteiger partial charge in [-0.15, -0.1) is 11.3 Å². The zero-order valence-corrected chi connectivity index (χ0v) is 12.9. The lowest BCUT2D eigenvalue weighted by molar-refractivity contribution is -0.128. The van der Waals surface area contributed by atoms with Crippen LogP contribution in [0, 0.1) is 12.7 Å². The van der Waals surface area contributed by atoms with Crippen LogP contribution in [0.1, 0.15) is 22.2 Å². The highest BCUT2D eigenvalue weighted by Crippen LogP contribution is 2.15. The molecule has 2 aromatic rings. The Labute approximate surface area is 131 Å². The van der Waals surface area contributed by atoms with E-state index in [9.17, 15) is 14.0 Å². The topological polar surface area (TPSA) is 67.4 Å². The molecule has 22 heavy (non-hydrogen) atoms. The van der Waals surface area contributed by atoms with Gasteiger partial charge in [0.25, 0.3) is 11.8 Å². The second-order valence-electron chi connectivity index (χ2n) is 4.59. The van der Waals surface area contributed by atoms with Gasteiger partial charge in [0.15, 0.2) is 6.10 Å². The summed E-state index contributed by atoms with van der Waals surface area (Å²) in [7, 11) is 0. The molecule has 1 aromatic heterocycles. The second-order valence-corrected chi connectivity index (χ2v) is 5.51. The quantitative estimate of drug-likeness (QED) is 0.850. The van der Waals surface area contributed by atoms with E-state index in [1.165, 1.54) is 42.5 Å². The van der Waals surface area contributed by atoms with E-state index in [2.05, 4.69) is 10.9 Å². The number of carbonyl (C=O) groups excluding carboxylic acids is 2. The first-order valence-corrected chi connectivity index (χ1v) is 7.42. The lowest BCUT2D eigenvalue weighted by Gasteiger charge is -2.15. The molecule has 0 spiro atoms. The predicted molar refractivity (Wildman–Crippen MR) is 81.2 cm³/mol. The summed E-state index contributed by atoms with van der Waals surface area (Å²) >= 11 is 1.29. The number of aryl methyl sites for hydroxylation is 1. The van der Waals surface area contributed by atoms with E-state index >= 15 is 0 Å². The summed E-state index contributed by atoms with van der Waals surface area (Å²) in [6, 6.07) is 7.14. The molecule has 0 aliphatic rings. The van der Waals surface area contributed by atoms with Gasteiger partial charge in [-0.2, -0.15) is 0 Å². The average molecular weight is 322 g/mol. The summed E-state index contributed by atoms with van der Waals surface area (Å²) in [5, 5.41) is 1.80. The van der Waals surface area contributed by atoms with Gasteiger partial charge < -0.3 is 4.74 Å². The van der Waals surface area contributed by atoms with Gasteiger partial charge >= 0.3 is 0 Å². The molecular weight excluding hydrogens is 307 g/mol. The first-order valence-electron chi connectivity index (χ1n) is 6.54. The van der Waals surface area contributed by atoms with E-state index in [-0.39, 0.29) is 11.7 Å². The van der Waals surface area contributed by atoms with Crippen molar-refractivity contribution in [1.82, 2.24) is 10.9 Å². The Bertz CT molecular complexity index is 670. The van der Waals surface area contributed by atoms with Gasteiger partial charge in [0.2, 0.25) is 0 Å². The molecule has 2 rings (SSSR count). The zero-order chi connectivity index (χ0) is 16.1. The van der Waals surface area contributed by atoms with E-state index in [1.54, 1.807) is 5.38 Å². The molecule has 2 amide bonds. The Hall–Kier alpha value is -2.41. The molecule has 1 unspecified atom stereocenters. The van der Waals surface area contributed by atoms with Crippen molar-refractivity contribution in [2.75, 3.05) is 0 Å². The number of hydrogen-bond donors (Lipinski definition) is 2. The third-order valence-corrected chi connectivity index (χ3v) is 3.88. The van der Waals surface area contributed by atoms with Crippen LogP contribution in [0.4, 0.5) is 4.39 Å². The number of hydrogen-bond acceptors (Lipinski definition) is 4. The summed E-state index contributed by atoms with van der Waals surface area (Å²) in [5.41, 5.74) is 5.47. The van der Waals surface area contributed by atoms with Crippen LogP contribution in [0.5, 0.6) is 5.75 Å². The van der Waals surface area contributed by atoms with E-state index in [0.717, 1.165) is 5.56 Å². The summed E-state index contributed by atoms with van der Waals surface area (Å²) in [4.78, 5) is 24.2. The standard InChI is InChI=1S/C15H15FN2O3S/c1-9-7-8-22-13(9)15(20)18-17-14(19)10(2)21-12-5-3-11(16)4-6-12/h3-8,10H,1-2H3,(H,17,19)(H,18,20). The number of nitrogens with one attached hydrogen (secondary N) is 2. The molecule has 1 atom stereocenters. The number of rotatable bonds is 4. The molecule has 0 saturated heterocycles. The van der Waals surface area contributed by atoms with Crippen molar-refractivity contribution in [2.45, 2.75) is 20.0 Å². The van der Waals surface area contributed by atoms with Gasteiger partial charge in [-0.3, -0.25) is 20.4 Å². The number of thiophene rings is 1. The van der Waals surface area contributed by atoms with Crippen LogP contribution in [-0.2, 0) is 4.79 Å². The zero-order valence-electron chi connectivity index (χ0n) is 12.1. The monoisotopic (exact) mass is 322 g/mol. The Morgan fingerprint density at radius 1 is 1.18 bits per heavy atom. The smallest absolute Gasteiger partial charge is 0.280 e. The highest BCUT2D eigenvalue weighted by atomic mass is 32.1. The molecule has 5 nitrogen and oxygen atoms in total. The minimum Gasteiger partial charge on any atom is -0.481 e. The Morgan fingerprint density at radius 2 is 1.86 bits per heavy atom. The van der Waals surface area contributed by atoms with Gasteiger partial charge in [0.1, 0.15) is 11.6 Å². The van der Waals surface area contributed by atoms with Crippen LogP contribution in [0.15, 0.2) is 35.7 Å². The maximum Gasteiger partial charge on any atom is 0.280 e. The molecule has 2 N–H and O–H groups in total. The molecule has 1 heterocycles. The molecule has 0 radical (unpaired) electrons. The number of ether oxygens (including phenoxy) is 1. The SMILES string of the molecule is Cc1ccsc1C(=O)NNC(=O)C(C)Oc1ccc(F)cc1. The van der Waals surface area contributed by atoms with Crippen molar-refractivity contribution in [1.29, 1.82) is 0 Å². The van der Waals surface area contributed by atoms with Gasteiger partial charge in [-0.1, -0.05) is 0 Å². The van der Waals surface area contributed by atoms with E-state index in [4.69, 9.17) is 4.74 Å². The molecule has 0 bridgehead atoms.